The van der Waals surface area contributed by atoms with E-state index in [1.165, 1.54) is 0 Å². The van der Waals surface area contributed by atoms with Crippen LogP contribution >= 0.6 is 0 Å². The quantitative estimate of drug-likeness (QED) is 0.768. The SMILES string of the molecule is Cc1nccn1CCCCNC(=O)Nc1ccc(N(C)C)nc1. The Morgan fingerprint density at radius 3 is 2.70 bits per heavy atom. The number of rotatable bonds is 7. The third-order valence-electron chi connectivity index (χ3n) is 3.50. The van der Waals surface area contributed by atoms with Crippen molar-refractivity contribution in [1.82, 2.24) is 19.9 Å². The van der Waals surface area contributed by atoms with Gasteiger partial charge in [-0.3, -0.25) is 0 Å². The average molecular weight is 316 g/mol. The second-order valence-corrected chi connectivity index (χ2v) is 5.56. The van der Waals surface area contributed by atoms with Crippen LogP contribution in [-0.2, 0) is 6.54 Å². The number of aromatic nitrogens is 3. The number of urea groups is 1. The van der Waals surface area contributed by atoms with Gasteiger partial charge < -0.3 is 20.1 Å². The van der Waals surface area contributed by atoms with Gasteiger partial charge in [0.05, 0.1) is 11.9 Å². The van der Waals surface area contributed by atoms with E-state index in [1.807, 2.05) is 44.2 Å². The molecule has 2 heterocycles. The number of imidazole rings is 1. The lowest BCUT2D eigenvalue weighted by Gasteiger charge is -2.12. The summed E-state index contributed by atoms with van der Waals surface area (Å²) < 4.78 is 2.11. The monoisotopic (exact) mass is 316 g/mol. The zero-order chi connectivity index (χ0) is 16.7. The van der Waals surface area contributed by atoms with Gasteiger partial charge in [0.2, 0.25) is 0 Å². The number of amides is 2. The van der Waals surface area contributed by atoms with Gasteiger partial charge in [-0.15, -0.1) is 0 Å². The molecule has 0 unspecified atom stereocenters. The molecule has 23 heavy (non-hydrogen) atoms. The van der Waals surface area contributed by atoms with Gasteiger partial charge in [0.1, 0.15) is 11.6 Å². The Labute approximate surface area is 136 Å². The molecule has 2 rings (SSSR count). The minimum Gasteiger partial charge on any atom is -0.363 e. The van der Waals surface area contributed by atoms with Crippen LogP contribution in [0.5, 0.6) is 0 Å². The van der Waals surface area contributed by atoms with Crippen molar-refractivity contribution in [2.75, 3.05) is 30.9 Å². The first kappa shape index (κ1) is 16.8. The predicted molar refractivity (Wildman–Crippen MR) is 91.8 cm³/mol. The summed E-state index contributed by atoms with van der Waals surface area (Å²) in [5.41, 5.74) is 0.683. The Balaban J connectivity index is 1.64. The topological polar surface area (TPSA) is 75.1 Å². The standard InChI is InChI=1S/C16H24N6O/c1-13-17-9-11-22(13)10-5-4-8-18-16(23)20-14-6-7-15(19-12-14)21(2)3/h6-7,9,11-12H,4-5,8,10H2,1-3H3,(H2,18,20,23). The fraction of sp³-hybridized carbons (Fsp3) is 0.438. The summed E-state index contributed by atoms with van der Waals surface area (Å²) >= 11 is 0. The maximum atomic E-state index is 11.8. The summed E-state index contributed by atoms with van der Waals surface area (Å²) in [7, 11) is 3.85. The average Bonchev–Trinajstić information content (AvgIpc) is 2.93. The lowest BCUT2D eigenvalue weighted by molar-refractivity contribution is 0.252. The lowest BCUT2D eigenvalue weighted by Crippen LogP contribution is -2.29. The van der Waals surface area contributed by atoms with E-state index in [1.54, 1.807) is 12.4 Å². The summed E-state index contributed by atoms with van der Waals surface area (Å²) in [4.78, 5) is 22.1. The maximum Gasteiger partial charge on any atom is 0.319 e. The molecule has 7 nitrogen and oxygen atoms in total. The molecule has 0 saturated heterocycles. The van der Waals surface area contributed by atoms with Crippen molar-refractivity contribution in [1.29, 1.82) is 0 Å². The van der Waals surface area contributed by atoms with Gasteiger partial charge in [0, 0.05) is 39.6 Å². The molecule has 0 aliphatic heterocycles. The van der Waals surface area contributed by atoms with Crippen LogP contribution in [0.25, 0.3) is 0 Å². The first-order valence-electron chi connectivity index (χ1n) is 7.72. The fourth-order valence-electron chi connectivity index (χ4n) is 2.15. The highest BCUT2D eigenvalue weighted by atomic mass is 16.2. The largest absolute Gasteiger partial charge is 0.363 e. The highest BCUT2D eigenvalue weighted by Gasteiger charge is 2.03. The van der Waals surface area contributed by atoms with Crippen LogP contribution < -0.4 is 15.5 Å². The van der Waals surface area contributed by atoms with Crippen molar-refractivity contribution in [2.24, 2.45) is 0 Å². The van der Waals surface area contributed by atoms with Crippen molar-refractivity contribution in [3.63, 3.8) is 0 Å². The number of hydrogen-bond acceptors (Lipinski definition) is 4. The van der Waals surface area contributed by atoms with Gasteiger partial charge in [-0.05, 0) is 31.9 Å². The summed E-state index contributed by atoms with van der Waals surface area (Å²) in [5.74, 6) is 1.87. The number of pyridine rings is 1. The molecule has 0 aromatic carbocycles. The molecule has 0 aliphatic carbocycles. The number of anilines is 2. The van der Waals surface area contributed by atoms with E-state index in [9.17, 15) is 4.79 Å². The molecule has 7 heteroatoms. The van der Waals surface area contributed by atoms with Crippen LogP contribution in [0.1, 0.15) is 18.7 Å². The molecule has 0 saturated carbocycles. The molecule has 0 aliphatic rings. The number of aryl methyl sites for hydroxylation is 2. The third-order valence-corrected chi connectivity index (χ3v) is 3.50. The van der Waals surface area contributed by atoms with Gasteiger partial charge in [0.15, 0.2) is 0 Å². The molecule has 2 N–H and O–H groups in total. The molecule has 0 fully saturated rings. The summed E-state index contributed by atoms with van der Waals surface area (Å²) in [6.45, 7) is 3.55. The van der Waals surface area contributed by atoms with E-state index in [0.29, 0.717) is 12.2 Å². The predicted octanol–water partition coefficient (Wildman–Crippen LogP) is 2.25. The molecular formula is C16H24N6O. The molecule has 124 valence electrons. The van der Waals surface area contributed by atoms with Crippen LogP contribution in [0, 0.1) is 6.92 Å². The Hall–Kier alpha value is -2.57. The maximum absolute atomic E-state index is 11.8. The normalized spacial score (nSPS) is 10.4. The molecule has 0 atom stereocenters. The van der Waals surface area contributed by atoms with E-state index in [-0.39, 0.29) is 6.03 Å². The van der Waals surface area contributed by atoms with E-state index >= 15 is 0 Å². The zero-order valence-corrected chi connectivity index (χ0v) is 13.9. The summed E-state index contributed by atoms with van der Waals surface area (Å²) in [6, 6.07) is 3.50. The minimum absolute atomic E-state index is 0.205. The van der Waals surface area contributed by atoms with Crippen LogP contribution in [-0.4, -0.2) is 41.2 Å². The number of nitrogens with zero attached hydrogens (tertiary/aromatic N) is 4. The molecule has 0 spiro atoms. The smallest absolute Gasteiger partial charge is 0.319 e. The van der Waals surface area contributed by atoms with Crippen molar-refractivity contribution >= 4 is 17.5 Å². The zero-order valence-electron chi connectivity index (χ0n) is 13.9. The third kappa shape index (κ3) is 5.28. The first-order chi connectivity index (χ1) is 11.1. The van der Waals surface area contributed by atoms with Crippen molar-refractivity contribution < 1.29 is 4.79 Å². The van der Waals surface area contributed by atoms with Crippen LogP contribution in [0.2, 0.25) is 0 Å². The summed E-state index contributed by atoms with van der Waals surface area (Å²) in [6.07, 6.45) is 7.34. The molecular weight excluding hydrogens is 292 g/mol. The Bertz CT molecular complexity index is 620. The minimum atomic E-state index is -0.205. The first-order valence-corrected chi connectivity index (χ1v) is 7.72. The molecule has 0 bridgehead atoms. The van der Waals surface area contributed by atoms with Gasteiger partial charge in [-0.2, -0.15) is 0 Å². The Kier molecular flexibility index (Phi) is 5.96. The Morgan fingerprint density at radius 2 is 2.09 bits per heavy atom. The molecule has 2 amide bonds. The van der Waals surface area contributed by atoms with E-state index in [4.69, 9.17) is 0 Å². The summed E-state index contributed by atoms with van der Waals surface area (Å²) in [5, 5.41) is 5.63. The van der Waals surface area contributed by atoms with Gasteiger partial charge in [0.25, 0.3) is 0 Å². The number of hydrogen-bond donors (Lipinski definition) is 2. The molecule has 0 radical (unpaired) electrons. The van der Waals surface area contributed by atoms with Crippen molar-refractivity contribution in [2.45, 2.75) is 26.3 Å². The second kappa shape index (κ2) is 8.17. The number of unbranched alkanes of at least 4 members (excludes halogenated alkanes) is 1. The van der Waals surface area contributed by atoms with Gasteiger partial charge in [-0.25, -0.2) is 14.8 Å². The number of nitrogens with one attached hydrogen (secondary N) is 2. The molecule has 2 aromatic rings. The highest BCUT2D eigenvalue weighted by molar-refractivity contribution is 5.89. The van der Waals surface area contributed by atoms with Crippen LogP contribution in [0.15, 0.2) is 30.7 Å². The van der Waals surface area contributed by atoms with E-state index in [0.717, 1.165) is 31.0 Å². The van der Waals surface area contributed by atoms with Crippen LogP contribution in [0.3, 0.4) is 0 Å². The second-order valence-electron chi connectivity index (χ2n) is 5.56. The van der Waals surface area contributed by atoms with Gasteiger partial charge >= 0.3 is 6.03 Å². The van der Waals surface area contributed by atoms with Crippen LogP contribution in [0.4, 0.5) is 16.3 Å². The lowest BCUT2D eigenvalue weighted by atomic mass is 10.3. The number of carbonyl (C=O) groups is 1. The van der Waals surface area contributed by atoms with E-state index in [2.05, 4.69) is 25.2 Å². The fourth-order valence-corrected chi connectivity index (χ4v) is 2.15. The van der Waals surface area contributed by atoms with E-state index < -0.39 is 0 Å². The van der Waals surface area contributed by atoms with Crippen molar-refractivity contribution in [3.05, 3.63) is 36.5 Å². The van der Waals surface area contributed by atoms with Crippen molar-refractivity contribution in [3.8, 4) is 0 Å². The molecule has 2 aromatic heterocycles. The highest BCUT2D eigenvalue weighted by Crippen LogP contribution is 2.11. The number of carbonyl (C=O) groups excluding carboxylic acids is 1. The Morgan fingerprint density at radius 1 is 1.26 bits per heavy atom. The van der Waals surface area contributed by atoms with Gasteiger partial charge in [-0.1, -0.05) is 0 Å².